The first-order valence-electron chi connectivity index (χ1n) is 6.39. The summed E-state index contributed by atoms with van der Waals surface area (Å²) in [4.78, 5) is 24.3. The number of nitrogens with zero attached hydrogens (tertiary/aromatic N) is 1. The first-order chi connectivity index (χ1) is 8.80. The van der Waals surface area contributed by atoms with Crippen molar-refractivity contribution in [3.8, 4) is 0 Å². The topological polar surface area (TPSA) is 77.8 Å². The van der Waals surface area contributed by atoms with Crippen molar-refractivity contribution >= 4 is 11.9 Å². The van der Waals surface area contributed by atoms with Crippen LogP contribution in [-0.2, 0) is 9.59 Å². The number of β-amino-alcohol motifs (C(OH)–C–C–N with tert-alkyl or cyclic N) is 1. The first-order valence-corrected chi connectivity index (χ1v) is 6.39. The Balaban J connectivity index is 2.01. The zero-order valence-electron chi connectivity index (χ0n) is 10.4. The van der Waals surface area contributed by atoms with E-state index in [4.69, 9.17) is 5.11 Å². The van der Waals surface area contributed by atoms with E-state index < -0.39 is 35.9 Å². The van der Waals surface area contributed by atoms with Gasteiger partial charge in [-0.1, -0.05) is 0 Å². The molecule has 19 heavy (non-hydrogen) atoms. The minimum absolute atomic E-state index is 0.00392. The van der Waals surface area contributed by atoms with Gasteiger partial charge in [0, 0.05) is 31.7 Å². The maximum atomic E-state index is 13.0. The number of hydrogen-bond donors (Lipinski definition) is 2. The van der Waals surface area contributed by atoms with Gasteiger partial charge < -0.3 is 15.1 Å². The molecule has 5 nitrogen and oxygen atoms in total. The highest BCUT2D eigenvalue weighted by atomic mass is 19.3. The molecule has 2 rings (SSSR count). The molecule has 0 aromatic heterocycles. The van der Waals surface area contributed by atoms with Crippen LogP contribution in [0.3, 0.4) is 0 Å². The largest absolute Gasteiger partial charge is 0.480 e. The van der Waals surface area contributed by atoms with Crippen LogP contribution in [0, 0.1) is 5.92 Å². The van der Waals surface area contributed by atoms with Crippen molar-refractivity contribution in [1.82, 2.24) is 4.90 Å². The summed E-state index contributed by atoms with van der Waals surface area (Å²) in [7, 11) is 0. The van der Waals surface area contributed by atoms with Gasteiger partial charge in [0.2, 0.25) is 11.8 Å². The van der Waals surface area contributed by atoms with Crippen molar-refractivity contribution in [3.63, 3.8) is 0 Å². The maximum absolute atomic E-state index is 13.0. The molecule has 0 unspecified atom stereocenters. The summed E-state index contributed by atoms with van der Waals surface area (Å²) >= 11 is 0. The molecule has 1 aliphatic heterocycles. The predicted octanol–water partition coefficient (Wildman–Crippen LogP) is 0.858. The number of aliphatic carboxylic acids is 1. The molecule has 2 atom stereocenters. The molecule has 0 bridgehead atoms. The molecule has 1 aliphatic carbocycles. The Bertz CT molecular complexity index is 378. The highest BCUT2D eigenvalue weighted by Crippen LogP contribution is 2.37. The predicted molar refractivity (Wildman–Crippen MR) is 60.7 cm³/mol. The number of rotatable bonds is 2. The number of aliphatic hydroxyl groups is 1. The molecule has 0 radical (unpaired) electrons. The summed E-state index contributed by atoms with van der Waals surface area (Å²) in [6, 6.07) is -1.04. The van der Waals surface area contributed by atoms with E-state index in [9.17, 15) is 23.5 Å². The minimum atomic E-state index is -2.71. The summed E-state index contributed by atoms with van der Waals surface area (Å²) in [5, 5.41) is 18.5. The van der Waals surface area contributed by atoms with Crippen LogP contribution in [0.15, 0.2) is 0 Å². The number of carbonyl (C=O) groups is 2. The van der Waals surface area contributed by atoms with Gasteiger partial charge in [-0.25, -0.2) is 13.6 Å². The van der Waals surface area contributed by atoms with Crippen LogP contribution in [0.5, 0.6) is 0 Å². The first kappa shape index (κ1) is 14.2. The Morgan fingerprint density at radius 3 is 2.32 bits per heavy atom. The van der Waals surface area contributed by atoms with Gasteiger partial charge in [0.1, 0.15) is 6.04 Å². The lowest BCUT2D eigenvalue weighted by Gasteiger charge is -2.31. The summed E-state index contributed by atoms with van der Waals surface area (Å²) in [6.45, 7) is -0.0251. The van der Waals surface area contributed by atoms with Gasteiger partial charge in [-0.2, -0.15) is 0 Å². The van der Waals surface area contributed by atoms with Crippen molar-refractivity contribution in [2.75, 3.05) is 6.54 Å². The third kappa shape index (κ3) is 3.02. The highest BCUT2D eigenvalue weighted by molar-refractivity contribution is 5.86. The lowest BCUT2D eigenvalue weighted by molar-refractivity contribution is -0.151. The third-order valence-electron chi connectivity index (χ3n) is 3.91. The van der Waals surface area contributed by atoms with Crippen LogP contribution < -0.4 is 0 Å². The highest BCUT2D eigenvalue weighted by Gasteiger charge is 2.44. The van der Waals surface area contributed by atoms with Crippen molar-refractivity contribution < 1.29 is 28.6 Å². The number of carboxylic acids is 1. The van der Waals surface area contributed by atoms with E-state index in [1.807, 2.05) is 0 Å². The number of carbonyl (C=O) groups excluding carboxylic acids is 1. The van der Waals surface area contributed by atoms with Gasteiger partial charge in [0.05, 0.1) is 6.10 Å². The number of amides is 1. The van der Waals surface area contributed by atoms with E-state index >= 15 is 0 Å². The smallest absolute Gasteiger partial charge is 0.326 e. The molecule has 1 amide bonds. The van der Waals surface area contributed by atoms with E-state index in [0.29, 0.717) is 0 Å². The quantitative estimate of drug-likeness (QED) is 0.784. The molecular weight excluding hydrogens is 260 g/mol. The molecule has 2 N–H and O–H groups in total. The average Bonchev–Trinajstić information content (AvgIpc) is 2.70. The number of carboxylic acid groups (broad SMARTS) is 1. The molecule has 0 aromatic carbocycles. The molecule has 1 saturated heterocycles. The van der Waals surface area contributed by atoms with Crippen molar-refractivity contribution in [3.05, 3.63) is 0 Å². The molecule has 0 aromatic rings. The van der Waals surface area contributed by atoms with Crippen LogP contribution in [0.2, 0.25) is 0 Å². The number of likely N-dealkylation sites (tertiary alicyclic amines) is 1. The van der Waals surface area contributed by atoms with Crippen LogP contribution in [0.4, 0.5) is 8.78 Å². The van der Waals surface area contributed by atoms with Crippen LogP contribution in [0.25, 0.3) is 0 Å². The van der Waals surface area contributed by atoms with Crippen molar-refractivity contribution in [2.24, 2.45) is 5.92 Å². The van der Waals surface area contributed by atoms with Crippen molar-refractivity contribution in [2.45, 2.75) is 50.2 Å². The molecular formula is C12H17F2NO4. The van der Waals surface area contributed by atoms with Gasteiger partial charge in [-0.3, -0.25) is 4.79 Å². The molecule has 1 saturated carbocycles. The molecule has 0 spiro atoms. The van der Waals surface area contributed by atoms with E-state index in [0.717, 1.165) is 4.90 Å². The van der Waals surface area contributed by atoms with E-state index in [1.54, 1.807) is 0 Å². The minimum Gasteiger partial charge on any atom is -0.480 e. The van der Waals surface area contributed by atoms with E-state index in [1.165, 1.54) is 0 Å². The Kier molecular flexibility index (Phi) is 3.75. The second-order valence-electron chi connectivity index (χ2n) is 5.36. The number of halogens is 2. The average molecular weight is 277 g/mol. The Labute approximate surface area is 109 Å². The second kappa shape index (κ2) is 5.03. The number of alkyl halides is 2. The summed E-state index contributed by atoms with van der Waals surface area (Å²) < 4.78 is 26.1. The molecule has 1 heterocycles. The third-order valence-corrected chi connectivity index (χ3v) is 3.91. The summed E-state index contributed by atoms with van der Waals surface area (Å²) in [5.41, 5.74) is 0. The summed E-state index contributed by atoms with van der Waals surface area (Å²) in [5.74, 6) is -4.84. The fourth-order valence-electron chi connectivity index (χ4n) is 2.81. The Morgan fingerprint density at radius 2 is 1.79 bits per heavy atom. The monoisotopic (exact) mass is 277 g/mol. The van der Waals surface area contributed by atoms with Crippen molar-refractivity contribution in [1.29, 1.82) is 0 Å². The standard InChI is InChI=1S/C12H17F2NO4/c13-12(14)3-1-7(2-4-12)10(17)15-6-8(16)5-9(15)11(18)19/h7-9,16H,1-6H2,(H,18,19)/t8-,9+/m1/s1. The fraction of sp³-hybridized carbons (Fsp3) is 0.833. The second-order valence-corrected chi connectivity index (χ2v) is 5.36. The number of aliphatic hydroxyl groups excluding tert-OH is 1. The lowest BCUT2D eigenvalue weighted by Crippen LogP contribution is -2.45. The SMILES string of the molecule is O=C(O)[C@@H]1C[C@@H](O)CN1C(=O)C1CCC(F)(F)CC1. The van der Waals surface area contributed by atoms with E-state index in [2.05, 4.69) is 0 Å². The van der Waals surface area contributed by atoms with Gasteiger partial charge in [-0.15, -0.1) is 0 Å². The Hall–Kier alpha value is -1.24. The maximum Gasteiger partial charge on any atom is 0.326 e. The fourth-order valence-corrected chi connectivity index (χ4v) is 2.81. The molecule has 108 valence electrons. The van der Waals surface area contributed by atoms with Gasteiger partial charge >= 0.3 is 5.97 Å². The van der Waals surface area contributed by atoms with Gasteiger partial charge in [-0.05, 0) is 12.8 Å². The number of hydrogen-bond acceptors (Lipinski definition) is 3. The van der Waals surface area contributed by atoms with Gasteiger partial charge in [0.15, 0.2) is 0 Å². The zero-order chi connectivity index (χ0) is 14.2. The van der Waals surface area contributed by atoms with Crippen LogP contribution in [-0.4, -0.2) is 51.6 Å². The Morgan fingerprint density at radius 1 is 1.21 bits per heavy atom. The molecule has 7 heteroatoms. The lowest BCUT2D eigenvalue weighted by atomic mass is 9.86. The normalized spacial score (nSPS) is 31.4. The van der Waals surface area contributed by atoms with Crippen LogP contribution in [0.1, 0.15) is 32.1 Å². The molecule has 2 aliphatic rings. The van der Waals surface area contributed by atoms with E-state index in [-0.39, 0.29) is 38.6 Å². The zero-order valence-corrected chi connectivity index (χ0v) is 10.4. The molecule has 2 fully saturated rings. The summed E-state index contributed by atoms with van der Waals surface area (Å²) in [6.07, 6.45) is -1.37. The van der Waals surface area contributed by atoms with Gasteiger partial charge in [0.25, 0.3) is 0 Å². The van der Waals surface area contributed by atoms with Crippen LogP contribution >= 0.6 is 0 Å².